The van der Waals surface area contributed by atoms with Crippen LogP contribution in [0.4, 0.5) is 0 Å². The first-order valence-electron chi connectivity index (χ1n) is 12.3. The zero-order valence-electron chi connectivity index (χ0n) is 19.7. The molecule has 0 saturated carbocycles. The van der Waals surface area contributed by atoms with Gasteiger partial charge in [-0.05, 0) is 75.7 Å². The van der Waals surface area contributed by atoms with E-state index in [1.165, 1.54) is 43.6 Å². The molecular formula is C25H43N5O. The van der Waals surface area contributed by atoms with Crippen LogP contribution in [-0.4, -0.2) is 72.8 Å². The van der Waals surface area contributed by atoms with Crippen molar-refractivity contribution in [2.24, 2.45) is 10.9 Å². The molecule has 0 bridgehead atoms. The van der Waals surface area contributed by atoms with Crippen molar-refractivity contribution in [3.8, 4) is 0 Å². The fourth-order valence-electron chi connectivity index (χ4n) is 4.39. The van der Waals surface area contributed by atoms with E-state index >= 15 is 0 Å². The molecule has 174 valence electrons. The van der Waals surface area contributed by atoms with Crippen molar-refractivity contribution in [3.05, 3.63) is 35.4 Å². The highest BCUT2D eigenvalue weighted by atomic mass is 16.3. The molecule has 6 heteroatoms. The Morgan fingerprint density at radius 2 is 1.61 bits per heavy atom. The first kappa shape index (κ1) is 24.0. The maximum absolute atomic E-state index is 9.66. The van der Waals surface area contributed by atoms with Gasteiger partial charge in [0.25, 0.3) is 0 Å². The predicted molar refractivity (Wildman–Crippen MR) is 129 cm³/mol. The summed E-state index contributed by atoms with van der Waals surface area (Å²) in [4.78, 5) is 9.80. The van der Waals surface area contributed by atoms with Crippen molar-refractivity contribution < 1.29 is 5.11 Å². The van der Waals surface area contributed by atoms with Gasteiger partial charge in [-0.2, -0.15) is 0 Å². The molecule has 1 aromatic rings. The van der Waals surface area contributed by atoms with E-state index < -0.39 is 0 Å². The van der Waals surface area contributed by atoms with E-state index in [0.29, 0.717) is 6.54 Å². The third-order valence-electron chi connectivity index (χ3n) is 6.57. The molecule has 2 heterocycles. The minimum absolute atomic E-state index is 0.107. The van der Waals surface area contributed by atoms with Crippen LogP contribution in [0, 0.1) is 5.92 Å². The Labute approximate surface area is 189 Å². The molecular weight excluding hydrogens is 386 g/mol. The highest BCUT2D eigenvalue weighted by Crippen LogP contribution is 2.16. The van der Waals surface area contributed by atoms with E-state index in [1.807, 2.05) is 0 Å². The molecule has 0 amide bonds. The summed E-state index contributed by atoms with van der Waals surface area (Å²) in [5.74, 6) is 1.81. The monoisotopic (exact) mass is 429 g/mol. The third-order valence-corrected chi connectivity index (χ3v) is 6.57. The van der Waals surface area contributed by atoms with Crippen molar-refractivity contribution in [1.29, 1.82) is 0 Å². The molecule has 2 saturated heterocycles. The molecule has 0 radical (unpaired) electrons. The standard InChI is InChI=1S/C25H43N5O/c1-3-26-25(27-13-4-14-29-15-9-21(2)10-16-29)28-19-22-5-7-23(8-6-22)20-30-17-11-24(31)12-18-30/h5-8,21,24,31H,3-4,9-20H2,1-2H3,(H2,26,27,28). The summed E-state index contributed by atoms with van der Waals surface area (Å²) in [7, 11) is 0. The molecule has 3 rings (SSSR count). The van der Waals surface area contributed by atoms with Gasteiger partial charge in [0, 0.05) is 32.7 Å². The number of hydrogen-bond donors (Lipinski definition) is 3. The van der Waals surface area contributed by atoms with Crippen LogP contribution in [0.3, 0.4) is 0 Å². The molecule has 1 aromatic carbocycles. The minimum atomic E-state index is -0.107. The van der Waals surface area contributed by atoms with Gasteiger partial charge >= 0.3 is 0 Å². The van der Waals surface area contributed by atoms with Crippen LogP contribution < -0.4 is 10.6 Å². The molecule has 0 aromatic heterocycles. The van der Waals surface area contributed by atoms with Crippen molar-refractivity contribution in [2.75, 3.05) is 45.8 Å². The number of piperidine rings is 2. The predicted octanol–water partition coefficient (Wildman–Crippen LogP) is 2.82. The highest BCUT2D eigenvalue weighted by Gasteiger charge is 2.17. The fourth-order valence-corrected chi connectivity index (χ4v) is 4.39. The summed E-state index contributed by atoms with van der Waals surface area (Å²) in [5.41, 5.74) is 2.57. The first-order valence-corrected chi connectivity index (χ1v) is 12.3. The van der Waals surface area contributed by atoms with Gasteiger partial charge in [-0.3, -0.25) is 4.90 Å². The largest absolute Gasteiger partial charge is 0.393 e. The van der Waals surface area contributed by atoms with Gasteiger partial charge in [0.15, 0.2) is 5.96 Å². The number of benzene rings is 1. The van der Waals surface area contributed by atoms with E-state index in [2.05, 4.69) is 58.5 Å². The molecule has 2 aliphatic heterocycles. The van der Waals surface area contributed by atoms with Gasteiger partial charge in [-0.1, -0.05) is 31.2 Å². The lowest BCUT2D eigenvalue weighted by Crippen LogP contribution is -2.39. The quantitative estimate of drug-likeness (QED) is 0.320. The Hall–Kier alpha value is -1.63. The normalized spacial score (nSPS) is 20.2. The number of guanidine groups is 1. The molecule has 0 spiro atoms. The van der Waals surface area contributed by atoms with Crippen LogP contribution in [0.15, 0.2) is 29.3 Å². The summed E-state index contributed by atoms with van der Waals surface area (Å²) in [6.45, 7) is 13.6. The van der Waals surface area contributed by atoms with E-state index in [-0.39, 0.29) is 6.10 Å². The minimum Gasteiger partial charge on any atom is -0.393 e. The summed E-state index contributed by atoms with van der Waals surface area (Å²) in [5, 5.41) is 16.5. The summed E-state index contributed by atoms with van der Waals surface area (Å²) >= 11 is 0. The van der Waals surface area contributed by atoms with Crippen molar-refractivity contribution in [2.45, 2.75) is 65.1 Å². The van der Waals surface area contributed by atoms with Gasteiger partial charge in [0.05, 0.1) is 12.6 Å². The molecule has 0 atom stereocenters. The Bertz CT molecular complexity index is 646. The maximum atomic E-state index is 9.66. The van der Waals surface area contributed by atoms with Crippen LogP contribution in [0.1, 0.15) is 57.1 Å². The SMILES string of the molecule is CCNC(=NCc1ccc(CN2CCC(O)CC2)cc1)NCCCN1CCC(C)CC1. The summed E-state index contributed by atoms with van der Waals surface area (Å²) < 4.78 is 0. The Morgan fingerprint density at radius 1 is 0.968 bits per heavy atom. The van der Waals surface area contributed by atoms with Gasteiger partial charge in [0.2, 0.25) is 0 Å². The Kier molecular flexibility index (Phi) is 10.1. The molecule has 6 nitrogen and oxygen atoms in total. The van der Waals surface area contributed by atoms with Gasteiger partial charge < -0.3 is 20.6 Å². The number of aliphatic hydroxyl groups excluding tert-OH is 1. The zero-order valence-corrected chi connectivity index (χ0v) is 19.7. The second-order valence-corrected chi connectivity index (χ2v) is 9.32. The second kappa shape index (κ2) is 13.0. The lowest BCUT2D eigenvalue weighted by molar-refractivity contribution is 0.0792. The van der Waals surface area contributed by atoms with Crippen LogP contribution in [0.5, 0.6) is 0 Å². The molecule has 0 unspecified atom stereocenters. The van der Waals surface area contributed by atoms with E-state index in [4.69, 9.17) is 4.99 Å². The Balaban J connectivity index is 1.38. The van der Waals surface area contributed by atoms with E-state index in [0.717, 1.165) is 63.9 Å². The molecule has 31 heavy (non-hydrogen) atoms. The fraction of sp³-hybridized carbons (Fsp3) is 0.720. The van der Waals surface area contributed by atoms with Crippen LogP contribution in [0.2, 0.25) is 0 Å². The first-order chi connectivity index (χ1) is 15.1. The third kappa shape index (κ3) is 8.79. The van der Waals surface area contributed by atoms with Gasteiger partial charge in [-0.25, -0.2) is 4.99 Å². The van der Waals surface area contributed by atoms with Crippen molar-refractivity contribution in [3.63, 3.8) is 0 Å². The maximum Gasteiger partial charge on any atom is 0.191 e. The van der Waals surface area contributed by atoms with Crippen molar-refractivity contribution >= 4 is 5.96 Å². The summed E-state index contributed by atoms with van der Waals surface area (Å²) in [6.07, 6.45) is 5.52. The number of aliphatic imine (C=N–C) groups is 1. The lowest BCUT2D eigenvalue weighted by Gasteiger charge is -2.30. The smallest absolute Gasteiger partial charge is 0.191 e. The number of aliphatic hydroxyl groups is 1. The number of nitrogens with one attached hydrogen (secondary N) is 2. The van der Waals surface area contributed by atoms with Crippen LogP contribution in [-0.2, 0) is 13.1 Å². The average molecular weight is 430 g/mol. The molecule has 2 aliphatic rings. The number of rotatable bonds is 9. The van der Waals surface area contributed by atoms with Gasteiger partial charge in [-0.15, -0.1) is 0 Å². The number of nitrogens with zero attached hydrogens (tertiary/aromatic N) is 3. The second-order valence-electron chi connectivity index (χ2n) is 9.32. The van der Waals surface area contributed by atoms with Gasteiger partial charge in [0.1, 0.15) is 0 Å². The summed E-state index contributed by atoms with van der Waals surface area (Å²) in [6, 6.07) is 8.82. The number of hydrogen-bond acceptors (Lipinski definition) is 4. The zero-order chi connectivity index (χ0) is 21.9. The van der Waals surface area contributed by atoms with Crippen LogP contribution >= 0.6 is 0 Å². The average Bonchev–Trinajstić information content (AvgIpc) is 2.78. The number of likely N-dealkylation sites (tertiary alicyclic amines) is 2. The Morgan fingerprint density at radius 3 is 2.29 bits per heavy atom. The highest BCUT2D eigenvalue weighted by molar-refractivity contribution is 5.79. The molecule has 2 fully saturated rings. The molecule has 3 N–H and O–H groups in total. The topological polar surface area (TPSA) is 63.1 Å². The van der Waals surface area contributed by atoms with Crippen molar-refractivity contribution in [1.82, 2.24) is 20.4 Å². The molecule has 0 aliphatic carbocycles. The van der Waals surface area contributed by atoms with E-state index in [1.54, 1.807) is 0 Å². The van der Waals surface area contributed by atoms with Crippen LogP contribution in [0.25, 0.3) is 0 Å². The lowest BCUT2D eigenvalue weighted by atomic mass is 9.99. The van der Waals surface area contributed by atoms with E-state index in [9.17, 15) is 5.11 Å².